The van der Waals surface area contributed by atoms with E-state index >= 15 is 0 Å². The molecular weight excluding hydrogens is 163 g/mol. The summed E-state index contributed by atoms with van der Waals surface area (Å²) in [6.45, 7) is 3.51. The Bertz CT molecular complexity index is 296. The molecule has 5 heteroatoms. The second kappa shape index (κ2) is 3.34. The summed E-state index contributed by atoms with van der Waals surface area (Å²) in [7, 11) is 0. The molecule has 0 aromatic carbocycles. The van der Waals surface area contributed by atoms with Crippen molar-refractivity contribution in [3.05, 3.63) is 17.5 Å². The topological polar surface area (TPSA) is 44.1 Å². The van der Waals surface area contributed by atoms with E-state index in [-0.39, 0.29) is 17.1 Å². The van der Waals surface area contributed by atoms with Gasteiger partial charge in [0.05, 0.1) is 18.5 Å². The van der Waals surface area contributed by atoms with Crippen LogP contribution in [0.5, 0.6) is 0 Å². The van der Waals surface area contributed by atoms with Crippen LogP contribution in [0.2, 0.25) is 0 Å². The van der Waals surface area contributed by atoms with Crippen LogP contribution in [0.15, 0.2) is 6.20 Å². The normalized spacial score (nSPS) is 9.92. The third kappa shape index (κ3) is 1.61. The molecule has 0 fully saturated rings. The number of ether oxygens (including phenoxy) is 1. The average Bonchev–Trinajstić information content (AvgIpc) is 2.30. The monoisotopic (exact) mass is 172 g/mol. The molecule has 0 bridgehead atoms. The molecule has 1 aromatic heterocycles. The lowest BCUT2D eigenvalue weighted by atomic mass is 10.3. The van der Waals surface area contributed by atoms with Crippen molar-refractivity contribution < 1.29 is 14.0 Å². The van der Waals surface area contributed by atoms with E-state index in [1.165, 1.54) is 0 Å². The molecule has 4 nitrogen and oxygen atoms in total. The van der Waals surface area contributed by atoms with Crippen molar-refractivity contribution in [1.82, 2.24) is 10.0 Å². The zero-order valence-corrected chi connectivity index (χ0v) is 6.87. The highest BCUT2D eigenvalue weighted by Gasteiger charge is 2.13. The van der Waals surface area contributed by atoms with Crippen LogP contribution in [0.25, 0.3) is 0 Å². The first-order valence-corrected chi connectivity index (χ1v) is 3.54. The van der Waals surface area contributed by atoms with Crippen molar-refractivity contribution in [1.29, 1.82) is 0 Å². The summed E-state index contributed by atoms with van der Waals surface area (Å²) in [5, 5.41) is 3.36. The number of halogens is 1. The molecule has 0 saturated heterocycles. The maximum atomic E-state index is 12.4. The average molecular weight is 172 g/mol. The first-order valence-electron chi connectivity index (χ1n) is 3.54. The van der Waals surface area contributed by atoms with E-state index in [0.29, 0.717) is 5.69 Å². The maximum Gasteiger partial charge on any atom is 0.341 e. The summed E-state index contributed by atoms with van der Waals surface area (Å²) < 4.78 is 17.0. The molecule has 0 amide bonds. The zero-order chi connectivity index (χ0) is 9.14. The van der Waals surface area contributed by atoms with Gasteiger partial charge in [0.2, 0.25) is 0 Å². The number of hydrogen-bond donors (Lipinski definition) is 0. The van der Waals surface area contributed by atoms with Crippen molar-refractivity contribution in [2.24, 2.45) is 0 Å². The Kier molecular flexibility index (Phi) is 2.42. The van der Waals surface area contributed by atoms with Crippen molar-refractivity contribution >= 4 is 5.97 Å². The Balaban J connectivity index is 2.87. The third-order valence-electron chi connectivity index (χ3n) is 1.37. The predicted molar refractivity (Wildman–Crippen MR) is 39.4 cm³/mol. The number of nitrogens with zero attached hydrogens (tertiary/aromatic N) is 2. The van der Waals surface area contributed by atoms with Gasteiger partial charge >= 0.3 is 5.97 Å². The van der Waals surface area contributed by atoms with Gasteiger partial charge < -0.3 is 4.74 Å². The highest BCUT2D eigenvalue weighted by Crippen LogP contribution is 2.06. The molecule has 1 rings (SSSR count). The summed E-state index contributed by atoms with van der Waals surface area (Å²) in [6, 6.07) is 0. The largest absolute Gasteiger partial charge is 0.462 e. The molecule has 12 heavy (non-hydrogen) atoms. The Hall–Kier alpha value is -1.39. The lowest BCUT2D eigenvalue weighted by molar-refractivity contribution is 0.0525. The molecule has 0 aliphatic rings. The van der Waals surface area contributed by atoms with Gasteiger partial charge in [-0.1, -0.05) is 4.48 Å². The Labute approximate surface area is 68.9 Å². The van der Waals surface area contributed by atoms with Crippen LogP contribution < -0.4 is 0 Å². The van der Waals surface area contributed by atoms with Gasteiger partial charge in [0, 0.05) is 0 Å². The van der Waals surface area contributed by atoms with Crippen LogP contribution in [-0.4, -0.2) is 22.6 Å². The molecule has 0 atom stereocenters. The number of rotatable bonds is 2. The maximum absolute atomic E-state index is 12.4. The van der Waals surface area contributed by atoms with Crippen molar-refractivity contribution in [2.45, 2.75) is 13.8 Å². The number of esters is 1. The van der Waals surface area contributed by atoms with Gasteiger partial charge in [-0.05, 0) is 13.8 Å². The van der Waals surface area contributed by atoms with Crippen LogP contribution in [0.3, 0.4) is 0 Å². The van der Waals surface area contributed by atoms with Gasteiger partial charge in [-0.25, -0.2) is 4.79 Å². The molecule has 1 heterocycles. The summed E-state index contributed by atoms with van der Waals surface area (Å²) in [5.41, 5.74) is 0.496. The minimum absolute atomic E-state index is 0.0988. The molecule has 0 spiro atoms. The van der Waals surface area contributed by atoms with Gasteiger partial charge in [-0.2, -0.15) is 0 Å². The highest BCUT2D eigenvalue weighted by atomic mass is 19.2. The summed E-state index contributed by atoms with van der Waals surface area (Å²) >= 11 is 0. The van der Waals surface area contributed by atoms with E-state index in [1.54, 1.807) is 13.8 Å². The number of carbonyl (C=O) groups is 1. The highest BCUT2D eigenvalue weighted by molar-refractivity contribution is 5.90. The number of hydrogen-bond acceptors (Lipinski definition) is 3. The minimum Gasteiger partial charge on any atom is -0.462 e. The lowest BCUT2D eigenvalue weighted by Gasteiger charge is -1.97. The van der Waals surface area contributed by atoms with Gasteiger partial charge in [-0.15, -0.1) is 10.0 Å². The predicted octanol–water partition coefficient (Wildman–Crippen LogP) is 1.10. The smallest absolute Gasteiger partial charge is 0.341 e. The molecule has 1 aromatic rings. The number of carbonyl (C=O) groups excluding carboxylic acids is 1. The summed E-state index contributed by atoms with van der Waals surface area (Å²) in [5.74, 6) is -0.543. The van der Waals surface area contributed by atoms with Crippen LogP contribution in [0.4, 0.5) is 4.48 Å². The zero-order valence-electron chi connectivity index (χ0n) is 6.87. The second-order valence-corrected chi connectivity index (χ2v) is 2.24. The van der Waals surface area contributed by atoms with Gasteiger partial charge in [0.25, 0.3) is 0 Å². The molecule has 0 saturated carbocycles. The van der Waals surface area contributed by atoms with Crippen LogP contribution in [0.1, 0.15) is 23.0 Å². The van der Waals surface area contributed by atoms with Crippen molar-refractivity contribution in [3.8, 4) is 0 Å². The van der Waals surface area contributed by atoms with Crippen LogP contribution in [-0.2, 0) is 4.74 Å². The summed E-state index contributed by atoms with van der Waals surface area (Å²) in [4.78, 5) is 11.1. The van der Waals surface area contributed by atoms with Crippen molar-refractivity contribution in [2.75, 3.05) is 6.61 Å². The molecule has 0 aliphatic carbocycles. The number of aromatic nitrogens is 2. The second-order valence-electron chi connectivity index (χ2n) is 2.24. The van der Waals surface area contributed by atoms with E-state index < -0.39 is 5.97 Å². The van der Waals surface area contributed by atoms with Gasteiger partial charge in [0.1, 0.15) is 5.56 Å². The Morgan fingerprint density at radius 3 is 2.92 bits per heavy atom. The lowest BCUT2D eigenvalue weighted by Crippen LogP contribution is -2.04. The molecular formula is C7H9FN2O2. The van der Waals surface area contributed by atoms with Crippen molar-refractivity contribution in [3.63, 3.8) is 0 Å². The van der Waals surface area contributed by atoms with E-state index in [9.17, 15) is 9.28 Å². The van der Waals surface area contributed by atoms with E-state index in [1.807, 2.05) is 0 Å². The Morgan fingerprint density at radius 2 is 2.50 bits per heavy atom. The fourth-order valence-electron chi connectivity index (χ4n) is 0.835. The van der Waals surface area contributed by atoms with Crippen LogP contribution in [0, 0.1) is 6.92 Å². The number of aryl methyl sites for hydroxylation is 1. The quantitative estimate of drug-likeness (QED) is 0.627. The van der Waals surface area contributed by atoms with Gasteiger partial charge in [-0.3, -0.25) is 0 Å². The molecule has 66 valence electrons. The first kappa shape index (κ1) is 8.70. The molecule has 0 N–H and O–H groups in total. The minimum atomic E-state index is -0.543. The molecule has 0 radical (unpaired) electrons. The fraction of sp³-hybridized carbons (Fsp3) is 0.429. The molecule has 0 aliphatic heterocycles. The third-order valence-corrected chi connectivity index (χ3v) is 1.37. The first-order chi connectivity index (χ1) is 5.65. The van der Waals surface area contributed by atoms with E-state index in [4.69, 9.17) is 0 Å². The van der Waals surface area contributed by atoms with E-state index in [2.05, 4.69) is 9.84 Å². The molecule has 0 unspecified atom stereocenters. The van der Waals surface area contributed by atoms with E-state index in [0.717, 1.165) is 6.20 Å². The SMILES string of the molecule is CCOC(=O)c1cn(F)nc1C. The standard InChI is InChI=1S/C7H9FN2O2/c1-3-12-7(11)6-4-10(8)9-5(6)2/h4H,3H2,1-2H3. The summed E-state index contributed by atoms with van der Waals surface area (Å²) in [6.07, 6.45) is 0.993. The van der Waals surface area contributed by atoms with Crippen LogP contribution >= 0.6 is 0 Å². The Morgan fingerprint density at radius 1 is 1.83 bits per heavy atom. The van der Waals surface area contributed by atoms with Gasteiger partial charge in [0.15, 0.2) is 0 Å². The fourth-order valence-corrected chi connectivity index (χ4v) is 0.835.